The van der Waals surface area contributed by atoms with Crippen LogP contribution in [-0.4, -0.2) is 41.5 Å². The summed E-state index contributed by atoms with van der Waals surface area (Å²) in [5, 5.41) is 12.5. The summed E-state index contributed by atoms with van der Waals surface area (Å²) >= 11 is 0. The van der Waals surface area contributed by atoms with Gasteiger partial charge in [0, 0.05) is 25.6 Å². The first-order chi connectivity index (χ1) is 14.8. The summed E-state index contributed by atoms with van der Waals surface area (Å²) < 4.78 is 44.7. The van der Waals surface area contributed by atoms with E-state index in [-0.39, 0.29) is 6.10 Å². The molecule has 1 saturated heterocycles. The highest BCUT2D eigenvalue weighted by Crippen LogP contribution is 2.33. The second-order valence-corrected chi connectivity index (χ2v) is 7.81. The van der Waals surface area contributed by atoms with Crippen LogP contribution in [0, 0.1) is 6.92 Å². The number of fused-ring (bicyclic) bond motifs is 1. The standard InChI is InChI=1S/C22H24F3N5O/c1-13(15-5-4-6-16(9-15)22(23,24)25)27-21-19-10-17(30-8-7-18(12-30)31-3)11-26-20(19)14(2)28-29-21/h4-6,9-11,13,18H,7-8,12H2,1-3H3,(H,27,29)/t13-,18+/m1/s1. The van der Waals surface area contributed by atoms with E-state index in [9.17, 15) is 13.2 Å². The third-order valence-electron chi connectivity index (χ3n) is 5.68. The fraction of sp³-hybridized carbons (Fsp3) is 0.409. The number of alkyl halides is 3. The van der Waals surface area contributed by atoms with Crippen molar-refractivity contribution in [1.29, 1.82) is 0 Å². The number of hydrogen-bond acceptors (Lipinski definition) is 6. The number of anilines is 2. The Morgan fingerprint density at radius 3 is 2.74 bits per heavy atom. The number of benzene rings is 1. The molecule has 2 atom stereocenters. The van der Waals surface area contributed by atoms with Crippen LogP contribution in [0.1, 0.15) is 36.2 Å². The van der Waals surface area contributed by atoms with Gasteiger partial charge >= 0.3 is 6.18 Å². The SMILES string of the molecule is CO[C@H]1CCN(c2cnc3c(C)nnc(N[C@H](C)c4cccc(C(F)(F)F)c4)c3c2)C1. The molecule has 31 heavy (non-hydrogen) atoms. The maximum atomic E-state index is 13.1. The molecule has 0 spiro atoms. The van der Waals surface area contributed by atoms with E-state index in [1.165, 1.54) is 6.07 Å². The second-order valence-electron chi connectivity index (χ2n) is 7.81. The summed E-state index contributed by atoms with van der Waals surface area (Å²) in [4.78, 5) is 6.79. The monoisotopic (exact) mass is 431 g/mol. The van der Waals surface area contributed by atoms with Crippen LogP contribution in [0.25, 0.3) is 10.9 Å². The summed E-state index contributed by atoms with van der Waals surface area (Å²) in [5.74, 6) is 0.488. The molecule has 0 bridgehead atoms. The van der Waals surface area contributed by atoms with Gasteiger partial charge in [0.15, 0.2) is 5.82 Å². The molecule has 0 radical (unpaired) electrons. The van der Waals surface area contributed by atoms with Gasteiger partial charge in [-0.2, -0.15) is 18.3 Å². The Morgan fingerprint density at radius 1 is 1.23 bits per heavy atom. The molecule has 9 heteroatoms. The summed E-state index contributed by atoms with van der Waals surface area (Å²) in [7, 11) is 1.71. The van der Waals surface area contributed by atoms with Crippen molar-refractivity contribution in [1.82, 2.24) is 15.2 Å². The molecule has 2 aromatic heterocycles. The van der Waals surface area contributed by atoms with Crippen LogP contribution in [0.4, 0.5) is 24.7 Å². The lowest BCUT2D eigenvalue weighted by Crippen LogP contribution is -2.22. The van der Waals surface area contributed by atoms with E-state index in [2.05, 4.69) is 25.4 Å². The number of methoxy groups -OCH3 is 1. The zero-order chi connectivity index (χ0) is 22.2. The molecule has 164 valence electrons. The lowest BCUT2D eigenvalue weighted by molar-refractivity contribution is -0.137. The molecule has 3 heterocycles. The van der Waals surface area contributed by atoms with E-state index in [1.54, 1.807) is 20.1 Å². The molecule has 1 fully saturated rings. The zero-order valence-electron chi connectivity index (χ0n) is 17.6. The first-order valence-electron chi connectivity index (χ1n) is 10.1. The summed E-state index contributed by atoms with van der Waals surface area (Å²) in [6.45, 7) is 5.28. The number of halogens is 3. The number of pyridine rings is 1. The maximum Gasteiger partial charge on any atom is 0.416 e. The van der Waals surface area contributed by atoms with Gasteiger partial charge < -0.3 is 15.0 Å². The Kier molecular flexibility index (Phi) is 5.70. The van der Waals surface area contributed by atoms with E-state index in [0.29, 0.717) is 22.6 Å². The Morgan fingerprint density at radius 2 is 2.03 bits per heavy atom. The van der Waals surface area contributed by atoms with Gasteiger partial charge in [-0.05, 0) is 44.0 Å². The number of aromatic nitrogens is 3. The van der Waals surface area contributed by atoms with E-state index in [4.69, 9.17) is 4.74 Å². The van der Waals surface area contributed by atoms with Crippen LogP contribution >= 0.6 is 0 Å². The number of nitrogens with zero attached hydrogens (tertiary/aromatic N) is 4. The van der Waals surface area contributed by atoms with E-state index in [1.807, 2.05) is 19.2 Å². The van der Waals surface area contributed by atoms with Crippen LogP contribution < -0.4 is 10.2 Å². The molecular formula is C22H24F3N5O. The fourth-order valence-electron chi connectivity index (χ4n) is 3.86. The second kappa shape index (κ2) is 8.30. The smallest absolute Gasteiger partial charge is 0.380 e. The van der Waals surface area contributed by atoms with Gasteiger partial charge in [0.2, 0.25) is 0 Å². The van der Waals surface area contributed by atoms with Crippen molar-refractivity contribution in [2.24, 2.45) is 0 Å². The molecule has 1 N–H and O–H groups in total. The van der Waals surface area contributed by atoms with Crippen LogP contribution in [0.5, 0.6) is 0 Å². The van der Waals surface area contributed by atoms with E-state index < -0.39 is 17.8 Å². The van der Waals surface area contributed by atoms with Crippen molar-refractivity contribution in [3.8, 4) is 0 Å². The lowest BCUT2D eigenvalue weighted by atomic mass is 10.0. The maximum absolute atomic E-state index is 13.1. The highest BCUT2D eigenvalue weighted by Gasteiger charge is 2.31. The number of nitrogens with one attached hydrogen (secondary N) is 1. The van der Waals surface area contributed by atoms with Gasteiger partial charge in [0.25, 0.3) is 0 Å². The average Bonchev–Trinajstić information content (AvgIpc) is 3.24. The van der Waals surface area contributed by atoms with Crippen molar-refractivity contribution in [2.75, 3.05) is 30.4 Å². The molecule has 1 aromatic carbocycles. The number of ether oxygens (including phenoxy) is 1. The molecule has 0 amide bonds. The number of hydrogen-bond donors (Lipinski definition) is 1. The predicted molar refractivity (Wildman–Crippen MR) is 113 cm³/mol. The average molecular weight is 431 g/mol. The molecule has 6 nitrogen and oxygen atoms in total. The Hall–Kier alpha value is -2.94. The molecular weight excluding hydrogens is 407 g/mol. The van der Waals surface area contributed by atoms with Crippen LogP contribution in [-0.2, 0) is 10.9 Å². The third kappa shape index (κ3) is 4.41. The minimum absolute atomic E-state index is 0.187. The quantitative estimate of drug-likeness (QED) is 0.629. The largest absolute Gasteiger partial charge is 0.416 e. The van der Waals surface area contributed by atoms with Crippen molar-refractivity contribution in [3.05, 3.63) is 53.3 Å². The lowest BCUT2D eigenvalue weighted by Gasteiger charge is -2.20. The Labute approximate surface area is 178 Å². The zero-order valence-corrected chi connectivity index (χ0v) is 17.6. The fourth-order valence-corrected chi connectivity index (χ4v) is 3.86. The molecule has 1 aliphatic rings. The number of aryl methyl sites for hydroxylation is 1. The van der Waals surface area contributed by atoms with Gasteiger partial charge in [-0.3, -0.25) is 4.98 Å². The molecule has 3 aromatic rings. The highest BCUT2D eigenvalue weighted by atomic mass is 19.4. The van der Waals surface area contributed by atoms with Gasteiger partial charge in [-0.1, -0.05) is 12.1 Å². The minimum atomic E-state index is -4.39. The van der Waals surface area contributed by atoms with Gasteiger partial charge in [-0.15, -0.1) is 5.10 Å². The van der Waals surface area contributed by atoms with Crippen LogP contribution in [0.3, 0.4) is 0 Å². The molecule has 0 aliphatic carbocycles. The van der Waals surface area contributed by atoms with Crippen molar-refractivity contribution in [3.63, 3.8) is 0 Å². The minimum Gasteiger partial charge on any atom is -0.380 e. The molecule has 4 rings (SSSR count). The van der Waals surface area contributed by atoms with E-state index in [0.717, 1.165) is 42.7 Å². The highest BCUT2D eigenvalue weighted by molar-refractivity contribution is 5.92. The topological polar surface area (TPSA) is 63.2 Å². The first kappa shape index (κ1) is 21.3. The third-order valence-corrected chi connectivity index (χ3v) is 5.68. The van der Waals surface area contributed by atoms with Crippen LogP contribution in [0.2, 0.25) is 0 Å². The van der Waals surface area contributed by atoms with E-state index >= 15 is 0 Å². The van der Waals surface area contributed by atoms with Crippen molar-refractivity contribution >= 4 is 22.4 Å². The predicted octanol–water partition coefficient (Wildman–Crippen LogP) is 4.75. The molecule has 0 unspecified atom stereocenters. The molecule has 0 saturated carbocycles. The summed E-state index contributed by atoms with van der Waals surface area (Å²) in [5.41, 5.74) is 2.19. The van der Waals surface area contributed by atoms with Gasteiger partial charge in [-0.25, -0.2) is 0 Å². The van der Waals surface area contributed by atoms with Crippen molar-refractivity contribution < 1.29 is 17.9 Å². The number of rotatable bonds is 5. The van der Waals surface area contributed by atoms with Crippen molar-refractivity contribution in [2.45, 2.75) is 38.6 Å². The first-order valence-corrected chi connectivity index (χ1v) is 10.1. The normalized spacial score (nSPS) is 17.9. The van der Waals surface area contributed by atoms with Crippen LogP contribution in [0.15, 0.2) is 36.5 Å². The Balaban J connectivity index is 1.66. The summed E-state index contributed by atoms with van der Waals surface area (Å²) in [6, 6.07) is 6.89. The van der Waals surface area contributed by atoms with Gasteiger partial charge in [0.1, 0.15) is 0 Å². The Bertz CT molecular complexity index is 1090. The summed E-state index contributed by atoms with van der Waals surface area (Å²) in [6.07, 6.45) is -1.44. The van der Waals surface area contributed by atoms with Gasteiger partial charge in [0.05, 0.1) is 40.8 Å². The molecule has 1 aliphatic heterocycles.